The molecule has 1 unspecified atom stereocenters. The number of rotatable bonds is 3. The predicted molar refractivity (Wildman–Crippen MR) is 68.2 cm³/mol. The second kappa shape index (κ2) is 5.96. The van der Waals surface area contributed by atoms with Crippen LogP contribution >= 0.6 is 0 Å². The summed E-state index contributed by atoms with van der Waals surface area (Å²) in [6.07, 6.45) is 8.31. The minimum Gasteiger partial charge on any atom is -0.314 e. The Morgan fingerprint density at radius 3 is 3.06 bits per heavy atom. The van der Waals surface area contributed by atoms with Crippen LogP contribution in [0.5, 0.6) is 0 Å². The molecule has 94 valence electrons. The zero-order valence-electron chi connectivity index (χ0n) is 10.5. The maximum atomic E-state index is 11.7. The number of H-pyrrole nitrogens is 1. The summed E-state index contributed by atoms with van der Waals surface area (Å²) in [5, 5.41) is 3.52. The molecular weight excluding hydrogens is 214 g/mol. The van der Waals surface area contributed by atoms with E-state index in [9.17, 15) is 4.79 Å². The van der Waals surface area contributed by atoms with Crippen LogP contribution in [0.25, 0.3) is 0 Å². The van der Waals surface area contributed by atoms with E-state index in [1.54, 1.807) is 6.20 Å². The van der Waals surface area contributed by atoms with Crippen LogP contribution in [0.1, 0.15) is 44.0 Å². The number of nitrogens with zero attached hydrogens (tertiary/aromatic N) is 1. The van der Waals surface area contributed by atoms with E-state index in [1.807, 2.05) is 6.92 Å². The maximum absolute atomic E-state index is 11.7. The van der Waals surface area contributed by atoms with E-state index < -0.39 is 0 Å². The normalized spacial score (nSPS) is 21.1. The van der Waals surface area contributed by atoms with Gasteiger partial charge in [-0.05, 0) is 25.8 Å². The second-order valence-corrected chi connectivity index (χ2v) is 4.74. The molecule has 4 heteroatoms. The molecule has 0 saturated carbocycles. The van der Waals surface area contributed by atoms with E-state index in [2.05, 4.69) is 15.3 Å². The van der Waals surface area contributed by atoms with Crippen LogP contribution in [-0.2, 0) is 12.8 Å². The molecule has 2 heterocycles. The van der Waals surface area contributed by atoms with Crippen molar-refractivity contribution in [3.05, 3.63) is 27.9 Å². The van der Waals surface area contributed by atoms with Crippen LogP contribution in [-0.4, -0.2) is 22.6 Å². The first-order chi connectivity index (χ1) is 8.29. The fourth-order valence-electron chi connectivity index (χ4n) is 2.32. The molecular formula is C13H21N3O. The summed E-state index contributed by atoms with van der Waals surface area (Å²) in [6, 6.07) is 0.466. The Morgan fingerprint density at radius 1 is 1.41 bits per heavy atom. The monoisotopic (exact) mass is 235 g/mol. The van der Waals surface area contributed by atoms with E-state index in [0.717, 1.165) is 30.8 Å². The van der Waals surface area contributed by atoms with Crippen molar-refractivity contribution in [1.29, 1.82) is 0 Å². The number of aryl methyl sites for hydroxylation is 1. The molecule has 4 nitrogen and oxygen atoms in total. The number of aromatic amines is 1. The molecule has 1 aromatic rings. The van der Waals surface area contributed by atoms with E-state index >= 15 is 0 Å². The van der Waals surface area contributed by atoms with Crippen molar-refractivity contribution in [3.63, 3.8) is 0 Å². The highest BCUT2D eigenvalue weighted by Crippen LogP contribution is 2.10. The molecule has 1 aromatic heterocycles. The van der Waals surface area contributed by atoms with Gasteiger partial charge in [-0.2, -0.15) is 0 Å². The van der Waals surface area contributed by atoms with Gasteiger partial charge in [0.25, 0.3) is 5.56 Å². The molecule has 0 amide bonds. The average Bonchev–Trinajstić information content (AvgIpc) is 2.58. The largest absolute Gasteiger partial charge is 0.314 e. The minimum absolute atomic E-state index is 0.0196. The summed E-state index contributed by atoms with van der Waals surface area (Å²) in [6.45, 7) is 3.06. The van der Waals surface area contributed by atoms with Gasteiger partial charge in [0, 0.05) is 24.2 Å². The molecule has 2 rings (SSSR count). The van der Waals surface area contributed by atoms with Crippen molar-refractivity contribution in [3.8, 4) is 0 Å². The highest BCUT2D eigenvalue weighted by molar-refractivity contribution is 5.06. The highest BCUT2D eigenvalue weighted by Gasteiger charge is 2.13. The minimum atomic E-state index is 0.0196. The van der Waals surface area contributed by atoms with Crippen molar-refractivity contribution in [1.82, 2.24) is 15.3 Å². The molecule has 1 aliphatic rings. The van der Waals surface area contributed by atoms with Crippen LogP contribution in [0.3, 0.4) is 0 Å². The summed E-state index contributed by atoms with van der Waals surface area (Å²) in [5.74, 6) is 0.812. The van der Waals surface area contributed by atoms with Gasteiger partial charge in [0.2, 0.25) is 0 Å². The Labute approximate surface area is 102 Å². The summed E-state index contributed by atoms with van der Waals surface area (Å²) in [7, 11) is 0. The number of nitrogens with one attached hydrogen (secondary N) is 2. The maximum Gasteiger partial charge on any atom is 0.254 e. The first-order valence-corrected chi connectivity index (χ1v) is 6.60. The van der Waals surface area contributed by atoms with Gasteiger partial charge >= 0.3 is 0 Å². The van der Waals surface area contributed by atoms with Gasteiger partial charge in [0.05, 0.1) is 0 Å². The van der Waals surface area contributed by atoms with Crippen LogP contribution < -0.4 is 10.9 Å². The van der Waals surface area contributed by atoms with Gasteiger partial charge in [-0.3, -0.25) is 4.79 Å². The van der Waals surface area contributed by atoms with Gasteiger partial charge in [0.15, 0.2) is 0 Å². The van der Waals surface area contributed by atoms with Gasteiger partial charge in [-0.1, -0.05) is 19.8 Å². The molecule has 0 aromatic carbocycles. The zero-order chi connectivity index (χ0) is 12.1. The lowest BCUT2D eigenvalue weighted by Gasteiger charge is -2.14. The topological polar surface area (TPSA) is 57.8 Å². The number of aromatic nitrogens is 2. The molecule has 1 atom stereocenters. The van der Waals surface area contributed by atoms with Crippen LogP contribution in [0, 0.1) is 0 Å². The lowest BCUT2D eigenvalue weighted by Crippen LogP contribution is -2.31. The third kappa shape index (κ3) is 3.40. The zero-order valence-corrected chi connectivity index (χ0v) is 10.5. The average molecular weight is 235 g/mol. The quantitative estimate of drug-likeness (QED) is 0.832. The lowest BCUT2D eigenvalue weighted by molar-refractivity contribution is 0.496. The third-order valence-corrected chi connectivity index (χ3v) is 3.41. The fourth-order valence-corrected chi connectivity index (χ4v) is 2.32. The van der Waals surface area contributed by atoms with E-state index in [-0.39, 0.29) is 5.56 Å². The van der Waals surface area contributed by atoms with Gasteiger partial charge in [-0.25, -0.2) is 4.98 Å². The van der Waals surface area contributed by atoms with E-state index in [1.165, 1.54) is 25.7 Å². The number of hydrogen-bond acceptors (Lipinski definition) is 3. The predicted octanol–water partition coefficient (Wildman–Crippen LogP) is 1.41. The van der Waals surface area contributed by atoms with Crippen LogP contribution in [0.15, 0.2) is 11.0 Å². The van der Waals surface area contributed by atoms with Crippen LogP contribution in [0.4, 0.5) is 0 Å². The fraction of sp³-hybridized carbons (Fsp3) is 0.692. The molecule has 17 heavy (non-hydrogen) atoms. The summed E-state index contributed by atoms with van der Waals surface area (Å²) < 4.78 is 0. The first-order valence-electron chi connectivity index (χ1n) is 6.60. The Hall–Kier alpha value is -1.16. The first kappa shape index (κ1) is 12.3. The van der Waals surface area contributed by atoms with Gasteiger partial charge in [-0.15, -0.1) is 0 Å². The van der Waals surface area contributed by atoms with Gasteiger partial charge < -0.3 is 10.3 Å². The van der Waals surface area contributed by atoms with Crippen molar-refractivity contribution in [2.45, 2.75) is 51.5 Å². The molecule has 0 spiro atoms. The standard InChI is InChI=1S/C13H21N3O/c1-2-10-9-15-12(16-13(10)17)8-11-6-4-3-5-7-14-11/h9,11,14H,2-8H2,1H3,(H,15,16,17). The molecule has 1 saturated heterocycles. The SMILES string of the molecule is CCc1cnc(CC2CCCCCN2)[nH]c1=O. The summed E-state index contributed by atoms with van der Waals surface area (Å²) >= 11 is 0. The molecule has 1 aliphatic heterocycles. The molecule has 0 aliphatic carbocycles. The molecule has 0 bridgehead atoms. The Morgan fingerprint density at radius 2 is 2.29 bits per heavy atom. The van der Waals surface area contributed by atoms with Crippen molar-refractivity contribution in [2.24, 2.45) is 0 Å². The van der Waals surface area contributed by atoms with Crippen molar-refractivity contribution < 1.29 is 0 Å². The second-order valence-electron chi connectivity index (χ2n) is 4.74. The molecule has 2 N–H and O–H groups in total. The Kier molecular flexibility index (Phi) is 4.31. The number of hydrogen-bond donors (Lipinski definition) is 2. The molecule has 1 fully saturated rings. The smallest absolute Gasteiger partial charge is 0.254 e. The summed E-state index contributed by atoms with van der Waals surface area (Å²) in [4.78, 5) is 18.9. The van der Waals surface area contributed by atoms with E-state index in [4.69, 9.17) is 0 Å². The van der Waals surface area contributed by atoms with Crippen LogP contribution in [0.2, 0.25) is 0 Å². The third-order valence-electron chi connectivity index (χ3n) is 3.41. The Bertz CT molecular complexity index is 405. The van der Waals surface area contributed by atoms with Gasteiger partial charge in [0.1, 0.15) is 5.82 Å². The summed E-state index contributed by atoms with van der Waals surface area (Å²) in [5.41, 5.74) is 0.786. The highest BCUT2D eigenvalue weighted by atomic mass is 16.1. The Balaban J connectivity index is 2.02. The van der Waals surface area contributed by atoms with Crippen molar-refractivity contribution >= 4 is 0 Å². The van der Waals surface area contributed by atoms with E-state index in [0.29, 0.717) is 6.04 Å². The van der Waals surface area contributed by atoms with Crippen molar-refractivity contribution in [2.75, 3.05) is 6.54 Å². The lowest BCUT2D eigenvalue weighted by atomic mass is 10.1. The molecule has 0 radical (unpaired) electrons.